The van der Waals surface area contributed by atoms with E-state index in [1.54, 1.807) is 19.1 Å². The molecule has 6 heteroatoms. The molecule has 1 unspecified atom stereocenters. The van der Waals surface area contributed by atoms with Gasteiger partial charge in [-0.3, -0.25) is 9.59 Å². The zero-order valence-corrected chi connectivity index (χ0v) is 16.0. The normalized spacial score (nSPS) is 15.3. The number of fused-ring (bicyclic) bond motifs is 1. The average molecular weight is 387 g/mol. The topological polar surface area (TPSA) is 61.8 Å². The Hall–Kier alpha value is -2.79. The molecular weight excluding hydrogens is 368 g/mol. The zero-order chi connectivity index (χ0) is 19.6. The highest BCUT2D eigenvalue weighted by Crippen LogP contribution is 2.37. The Labute approximate surface area is 162 Å². The highest BCUT2D eigenvalue weighted by atomic mass is 35.5. The van der Waals surface area contributed by atoms with Crippen molar-refractivity contribution in [3.63, 3.8) is 0 Å². The third kappa shape index (κ3) is 4.14. The van der Waals surface area contributed by atoms with Gasteiger partial charge in [-0.05, 0) is 56.2 Å². The minimum absolute atomic E-state index is 0.208. The molecule has 140 valence electrons. The number of benzene rings is 2. The number of Topliss-reactive ketones (excluding diaryl/α,β-unsaturated/α-hetero) is 1. The summed E-state index contributed by atoms with van der Waals surface area (Å²) in [6.45, 7) is 5.80. The molecule has 0 fully saturated rings. The number of halogens is 1. The standard InChI is InChI=1S/C21H19ClO5/c1-4-25-15-7-5-14(6-8-15)10-18-20(23)19-12(2)9-16(11-17(19)27-18)26-21(24)13(3)22/h5-11,13H,4H2,1-3H3/b18-10-. The minimum Gasteiger partial charge on any atom is -0.494 e. The molecule has 0 radical (unpaired) electrons. The van der Waals surface area contributed by atoms with Crippen LogP contribution in [0.3, 0.4) is 0 Å². The van der Waals surface area contributed by atoms with Crippen molar-refractivity contribution in [2.45, 2.75) is 26.1 Å². The third-order valence-corrected chi connectivity index (χ3v) is 4.15. The Kier molecular flexibility index (Phi) is 5.51. The van der Waals surface area contributed by atoms with Crippen LogP contribution >= 0.6 is 11.6 Å². The lowest BCUT2D eigenvalue weighted by Gasteiger charge is -2.08. The number of carbonyl (C=O) groups is 2. The van der Waals surface area contributed by atoms with Crippen LogP contribution in [-0.4, -0.2) is 23.7 Å². The van der Waals surface area contributed by atoms with E-state index in [-0.39, 0.29) is 11.5 Å². The smallest absolute Gasteiger partial charge is 0.329 e. The van der Waals surface area contributed by atoms with Crippen molar-refractivity contribution in [3.8, 4) is 17.2 Å². The second kappa shape index (κ2) is 7.84. The van der Waals surface area contributed by atoms with Gasteiger partial charge in [0.2, 0.25) is 5.78 Å². The van der Waals surface area contributed by atoms with Gasteiger partial charge in [0.25, 0.3) is 0 Å². The molecule has 1 atom stereocenters. The number of esters is 1. The summed E-state index contributed by atoms with van der Waals surface area (Å²) in [6, 6.07) is 10.5. The number of ether oxygens (including phenoxy) is 3. The maximum Gasteiger partial charge on any atom is 0.329 e. The zero-order valence-electron chi connectivity index (χ0n) is 15.2. The molecule has 0 bridgehead atoms. The maximum absolute atomic E-state index is 12.7. The summed E-state index contributed by atoms with van der Waals surface area (Å²) in [5, 5.41) is -0.767. The molecule has 5 nitrogen and oxygen atoms in total. The van der Waals surface area contributed by atoms with Crippen LogP contribution in [0.15, 0.2) is 42.2 Å². The van der Waals surface area contributed by atoms with Crippen LogP contribution in [0.4, 0.5) is 0 Å². The monoisotopic (exact) mass is 386 g/mol. The van der Waals surface area contributed by atoms with Gasteiger partial charge in [0.05, 0.1) is 12.2 Å². The lowest BCUT2D eigenvalue weighted by atomic mass is 10.0. The summed E-state index contributed by atoms with van der Waals surface area (Å²) in [4.78, 5) is 24.4. The maximum atomic E-state index is 12.7. The molecule has 0 saturated carbocycles. The van der Waals surface area contributed by atoms with Crippen LogP contribution in [0.1, 0.15) is 35.3 Å². The van der Waals surface area contributed by atoms with Gasteiger partial charge in [-0.25, -0.2) is 0 Å². The van der Waals surface area contributed by atoms with E-state index in [4.69, 9.17) is 25.8 Å². The molecule has 1 aliphatic heterocycles. The molecule has 27 heavy (non-hydrogen) atoms. The first-order chi connectivity index (χ1) is 12.9. The van der Waals surface area contributed by atoms with Crippen molar-refractivity contribution in [2.75, 3.05) is 6.61 Å². The van der Waals surface area contributed by atoms with E-state index >= 15 is 0 Å². The lowest BCUT2D eigenvalue weighted by molar-refractivity contribution is -0.133. The van der Waals surface area contributed by atoms with Crippen LogP contribution in [-0.2, 0) is 4.79 Å². The Bertz CT molecular complexity index is 913. The largest absolute Gasteiger partial charge is 0.494 e. The van der Waals surface area contributed by atoms with Crippen LogP contribution in [0.5, 0.6) is 17.2 Å². The minimum atomic E-state index is -0.767. The molecule has 0 aromatic heterocycles. The van der Waals surface area contributed by atoms with Crippen molar-refractivity contribution in [3.05, 3.63) is 58.8 Å². The third-order valence-electron chi connectivity index (χ3n) is 3.98. The van der Waals surface area contributed by atoms with E-state index < -0.39 is 11.3 Å². The highest BCUT2D eigenvalue weighted by molar-refractivity contribution is 6.29. The van der Waals surface area contributed by atoms with E-state index in [1.807, 2.05) is 31.2 Å². The summed E-state index contributed by atoms with van der Waals surface area (Å²) >= 11 is 5.72. The summed E-state index contributed by atoms with van der Waals surface area (Å²) < 4.78 is 16.3. The van der Waals surface area contributed by atoms with E-state index in [2.05, 4.69) is 0 Å². The van der Waals surface area contributed by atoms with E-state index in [0.29, 0.717) is 29.2 Å². The Balaban J connectivity index is 1.85. The molecule has 3 rings (SSSR count). The first kappa shape index (κ1) is 19.0. The Morgan fingerprint density at radius 3 is 2.56 bits per heavy atom. The van der Waals surface area contributed by atoms with Gasteiger partial charge in [-0.1, -0.05) is 12.1 Å². The van der Waals surface area contributed by atoms with Gasteiger partial charge < -0.3 is 14.2 Å². The highest BCUT2D eigenvalue weighted by Gasteiger charge is 2.30. The van der Waals surface area contributed by atoms with Crippen molar-refractivity contribution in [1.29, 1.82) is 0 Å². The number of allylic oxidation sites excluding steroid dienone is 1. The lowest BCUT2D eigenvalue weighted by Crippen LogP contribution is -2.17. The molecule has 0 aliphatic carbocycles. The molecule has 0 spiro atoms. The van der Waals surface area contributed by atoms with Crippen molar-refractivity contribution in [2.24, 2.45) is 0 Å². The molecule has 1 aliphatic rings. The second-order valence-electron chi connectivity index (χ2n) is 6.09. The molecule has 2 aromatic carbocycles. The van der Waals surface area contributed by atoms with Gasteiger partial charge in [0.15, 0.2) is 5.76 Å². The molecule has 2 aromatic rings. The van der Waals surface area contributed by atoms with Crippen LogP contribution in [0.25, 0.3) is 6.08 Å². The first-order valence-corrected chi connectivity index (χ1v) is 9.00. The summed E-state index contributed by atoms with van der Waals surface area (Å²) in [5.74, 6) is 0.857. The Morgan fingerprint density at radius 2 is 1.93 bits per heavy atom. The number of rotatable bonds is 5. The predicted octanol–water partition coefficient (Wildman–Crippen LogP) is 4.54. The first-order valence-electron chi connectivity index (χ1n) is 8.56. The van der Waals surface area contributed by atoms with Crippen molar-refractivity contribution in [1.82, 2.24) is 0 Å². The average Bonchev–Trinajstić information content (AvgIpc) is 2.92. The fraction of sp³-hybridized carbons (Fsp3) is 0.238. The van der Waals surface area contributed by atoms with Gasteiger partial charge >= 0.3 is 5.97 Å². The van der Waals surface area contributed by atoms with E-state index in [1.165, 1.54) is 13.0 Å². The van der Waals surface area contributed by atoms with Gasteiger partial charge in [0, 0.05) is 6.07 Å². The molecule has 0 saturated heterocycles. The fourth-order valence-electron chi connectivity index (χ4n) is 2.71. The number of carbonyl (C=O) groups excluding carboxylic acids is 2. The van der Waals surface area contributed by atoms with E-state index in [9.17, 15) is 9.59 Å². The second-order valence-corrected chi connectivity index (χ2v) is 6.75. The molecule has 0 amide bonds. The summed E-state index contributed by atoms with van der Waals surface area (Å²) in [7, 11) is 0. The summed E-state index contributed by atoms with van der Waals surface area (Å²) in [6.07, 6.45) is 1.67. The van der Waals surface area contributed by atoms with Crippen molar-refractivity contribution >= 4 is 29.4 Å². The van der Waals surface area contributed by atoms with Crippen LogP contribution < -0.4 is 14.2 Å². The predicted molar refractivity (Wildman–Crippen MR) is 103 cm³/mol. The van der Waals surface area contributed by atoms with Gasteiger partial charge in [0.1, 0.15) is 22.6 Å². The van der Waals surface area contributed by atoms with Gasteiger partial charge in [-0.15, -0.1) is 11.6 Å². The van der Waals surface area contributed by atoms with Gasteiger partial charge in [-0.2, -0.15) is 0 Å². The number of hydrogen-bond acceptors (Lipinski definition) is 5. The molecule has 0 N–H and O–H groups in total. The Morgan fingerprint density at radius 1 is 1.22 bits per heavy atom. The SMILES string of the molecule is CCOc1ccc(/C=C2\Oc3cc(OC(=O)C(C)Cl)cc(C)c3C2=O)cc1. The number of alkyl halides is 1. The van der Waals surface area contributed by atoms with Crippen LogP contribution in [0.2, 0.25) is 0 Å². The van der Waals surface area contributed by atoms with Crippen molar-refractivity contribution < 1.29 is 23.8 Å². The molecule has 1 heterocycles. The summed E-state index contributed by atoms with van der Waals surface area (Å²) in [5.41, 5.74) is 1.94. The quantitative estimate of drug-likeness (QED) is 0.326. The number of hydrogen-bond donors (Lipinski definition) is 0. The number of ketones is 1. The fourth-order valence-corrected chi connectivity index (χ4v) is 2.76. The molecular formula is C21H19ClO5. The van der Waals surface area contributed by atoms with Crippen LogP contribution in [0, 0.1) is 6.92 Å². The van der Waals surface area contributed by atoms with E-state index in [0.717, 1.165) is 11.3 Å². The number of aryl methyl sites for hydroxylation is 1.